The molecule has 1 aromatic carbocycles. The number of methoxy groups -OCH3 is 1. The van der Waals surface area contributed by atoms with Crippen molar-refractivity contribution in [2.75, 3.05) is 45.7 Å². The molecular weight excluding hydrogens is 430 g/mol. The molecule has 0 saturated heterocycles. The topological polar surface area (TPSA) is 71.1 Å². The van der Waals surface area contributed by atoms with E-state index in [9.17, 15) is 9.59 Å². The standard InChI is InChI=1S/C27H43N3O4/c1-6-9-26(31)28-22-12-13-24-23(14-22)27(32)29(4)17-25(33-5)19(2)15-30(20(3)18-34-24)16-21-10-7-8-11-21/h12-14,19-21,25H,6-11,15-18H2,1-5H3,(H,28,31)/t19-,20+,25+/m0/s1. The van der Waals surface area contributed by atoms with Crippen LogP contribution in [-0.2, 0) is 9.53 Å². The average molecular weight is 474 g/mol. The van der Waals surface area contributed by atoms with Crippen molar-refractivity contribution in [2.45, 2.75) is 71.4 Å². The van der Waals surface area contributed by atoms with Crippen LogP contribution in [0.5, 0.6) is 5.75 Å². The molecule has 3 rings (SSSR count). The average Bonchev–Trinajstić information content (AvgIpc) is 3.33. The number of carbonyl (C=O) groups excluding carboxylic acids is 2. The Balaban J connectivity index is 1.88. The molecule has 190 valence electrons. The minimum absolute atomic E-state index is 0.0539. The zero-order valence-electron chi connectivity index (χ0n) is 21.6. The number of anilines is 1. The number of nitrogens with zero attached hydrogens (tertiary/aromatic N) is 2. The van der Waals surface area contributed by atoms with E-state index in [4.69, 9.17) is 9.47 Å². The van der Waals surface area contributed by atoms with E-state index < -0.39 is 0 Å². The van der Waals surface area contributed by atoms with E-state index in [1.165, 1.54) is 25.7 Å². The predicted octanol–water partition coefficient (Wildman–Crippen LogP) is 4.42. The molecule has 1 saturated carbocycles. The Bertz CT molecular complexity index is 824. The van der Waals surface area contributed by atoms with Crippen molar-refractivity contribution in [3.63, 3.8) is 0 Å². The van der Waals surface area contributed by atoms with Gasteiger partial charge >= 0.3 is 0 Å². The van der Waals surface area contributed by atoms with Crippen molar-refractivity contribution >= 4 is 17.5 Å². The molecule has 0 unspecified atom stereocenters. The number of carbonyl (C=O) groups is 2. The second-order valence-electron chi connectivity index (χ2n) is 10.2. The van der Waals surface area contributed by atoms with Crippen molar-refractivity contribution < 1.29 is 19.1 Å². The second-order valence-corrected chi connectivity index (χ2v) is 10.2. The normalized spacial score (nSPS) is 25.3. The number of benzene rings is 1. The fourth-order valence-electron chi connectivity index (χ4n) is 5.16. The quantitative estimate of drug-likeness (QED) is 0.662. The van der Waals surface area contributed by atoms with Gasteiger partial charge in [0.2, 0.25) is 5.91 Å². The monoisotopic (exact) mass is 473 g/mol. The predicted molar refractivity (Wildman–Crippen MR) is 135 cm³/mol. The summed E-state index contributed by atoms with van der Waals surface area (Å²) < 4.78 is 12.1. The Labute approximate surface area is 205 Å². The van der Waals surface area contributed by atoms with Crippen molar-refractivity contribution in [3.05, 3.63) is 23.8 Å². The first-order chi connectivity index (χ1) is 16.3. The highest BCUT2D eigenvalue weighted by molar-refractivity contribution is 5.99. The van der Waals surface area contributed by atoms with Crippen LogP contribution in [0.4, 0.5) is 5.69 Å². The van der Waals surface area contributed by atoms with E-state index in [1.54, 1.807) is 31.2 Å². The first-order valence-corrected chi connectivity index (χ1v) is 12.9. The van der Waals surface area contributed by atoms with Gasteiger partial charge in [0.15, 0.2) is 0 Å². The van der Waals surface area contributed by atoms with Crippen LogP contribution < -0.4 is 10.1 Å². The summed E-state index contributed by atoms with van der Waals surface area (Å²) in [4.78, 5) is 29.8. The van der Waals surface area contributed by atoms with Gasteiger partial charge in [0.05, 0.1) is 11.7 Å². The molecule has 1 aliphatic heterocycles. The lowest BCUT2D eigenvalue weighted by Crippen LogP contribution is -2.47. The maximum Gasteiger partial charge on any atom is 0.257 e. The molecule has 0 spiro atoms. The summed E-state index contributed by atoms with van der Waals surface area (Å²) in [5.74, 6) is 1.38. The fourth-order valence-corrected chi connectivity index (χ4v) is 5.16. The van der Waals surface area contributed by atoms with Gasteiger partial charge in [-0.05, 0) is 56.2 Å². The third-order valence-electron chi connectivity index (χ3n) is 7.30. The van der Waals surface area contributed by atoms with E-state index in [2.05, 4.69) is 24.1 Å². The summed E-state index contributed by atoms with van der Waals surface area (Å²) in [5, 5.41) is 2.90. The van der Waals surface area contributed by atoms with Gasteiger partial charge in [-0.3, -0.25) is 14.5 Å². The number of ether oxygens (including phenoxy) is 2. The van der Waals surface area contributed by atoms with Crippen LogP contribution in [0.3, 0.4) is 0 Å². The number of amides is 2. The molecule has 0 radical (unpaired) electrons. The molecule has 7 nitrogen and oxygen atoms in total. The summed E-state index contributed by atoms with van der Waals surface area (Å²) in [6.07, 6.45) is 6.42. The Morgan fingerprint density at radius 2 is 1.94 bits per heavy atom. The first-order valence-electron chi connectivity index (χ1n) is 12.9. The molecule has 0 aromatic heterocycles. The lowest BCUT2D eigenvalue weighted by Gasteiger charge is -2.37. The van der Waals surface area contributed by atoms with Gasteiger partial charge < -0.3 is 19.7 Å². The van der Waals surface area contributed by atoms with Crippen LogP contribution in [0.2, 0.25) is 0 Å². The molecule has 0 bridgehead atoms. The maximum atomic E-state index is 13.4. The molecule has 1 fully saturated rings. The molecule has 34 heavy (non-hydrogen) atoms. The maximum absolute atomic E-state index is 13.4. The summed E-state index contributed by atoms with van der Waals surface area (Å²) in [6.45, 7) is 9.38. The van der Waals surface area contributed by atoms with E-state index in [0.717, 1.165) is 25.4 Å². The Morgan fingerprint density at radius 3 is 2.62 bits per heavy atom. The van der Waals surface area contributed by atoms with Gasteiger partial charge in [0, 0.05) is 51.9 Å². The zero-order valence-corrected chi connectivity index (χ0v) is 21.6. The van der Waals surface area contributed by atoms with E-state index in [0.29, 0.717) is 36.6 Å². The number of hydrogen-bond donors (Lipinski definition) is 1. The third kappa shape index (κ3) is 6.95. The minimum Gasteiger partial charge on any atom is -0.491 e. The summed E-state index contributed by atoms with van der Waals surface area (Å²) >= 11 is 0. The van der Waals surface area contributed by atoms with Crippen LogP contribution in [0.1, 0.15) is 69.7 Å². The molecule has 1 N–H and O–H groups in total. The Hall–Kier alpha value is -2.12. The zero-order chi connectivity index (χ0) is 24.7. The first kappa shape index (κ1) is 26.5. The summed E-state index contributed by atoms with van der Waals surface area (Å²) in [5.41, 5.74) is 1.08. The Kier molecular flexibility index (Phi) is 9.77. The fraction of sp³-hybridized carbons (Fsp3) is 0.704. The molecule has 1 heterocycles. The molecule has 7 heteroatoms. The number of hydrogen-bond acceptors (Lipinski definition) is 5. The van der Waals surface area contributed by atoms with Crippen molar-refractivity contribution in [3.8, 4) is 5.75 Å². The van der Waals surface area contributed by atoms with Crippen LogP contribution in [0.15, 0.2) is 18.2 Å². The molecule has 2 amide bonds. The van der Waals surface area contributed by atoms with E-state index in [1.807, 2.05) is 13.0 Å². The highest BCUT2D eigenvalue weighted by Crippen LogP contribution is 2.29. The van der Waals surface area contributed by atoms with Gasteiger partial charge in [-0.2, -0.15) is 0 Å². The highest BCUT2D eigenvalue weighted by atomic mass is 16.5. The molecule has 2 aliphatic rings. The number of rotatable bonds is 6. The van der Waals surface area contributed by atoms with Gasteiger partial charge in [-0.1, -0.05) is 26.7 Å². The molecular formula is C27H43N3O4. The van der Waals surface area contributed by atoms with Crippen molar-refractivity contribution in [2.24, 2.45) is 11.8 Å². The molecule has 3 atom stereocenters. The lowest BCUT2D eigenvalue weighted by atomic mass is 9.99. The second kappa shape index (κ2) is 12.5. The minimum atomic E-state index is -0.133. The molecule has 1 aromatic rings. The third-order valence-corrected chi connectivity index (χ3v) is 7.30. The number of fused-ring (bicyclic) bond motifs is 1. The molecule has 1 aliphatic carbocycles. The van der Waals surface area contributed by atoms with Gasteiger partial charge in [-0.25, -0.2) is 0 Å². The van der Waals surface area contributed by atoms with Gasteiger partial charge in [0.25, 0.3) is 5.91 Å². The van der Waals surface area contributed by atoms with E-state index in [-0.39, 0.29) is 29.9 Å². The van der Waals surface area contributed by atoms with Crippen molar-refractivity contribution in [1.29, 1.82) is 0 Å². The van der Waals surface area contributed by atoms with Crippen LogP contribution in [-0.4, -0.2) is 74.2 Å². The Morgan fingerprint density at radius 1 is 1.21 bits per heavy atom. The lowest BCUT2D eigenvalue weighted by molar-refractivity contribution is -0.116. The summed E-state index contributed by atoms with van der Waals surface area (Å²) in [7, 11) is 3.53. The SMILES string of the molecule is CCCC(=O)Nc1ccc2c(c1)C(=O)N(C)C[C@@H](OC)[C@@H](C)CN(CC1CCCC1)[C@H](C)CO2. The largest absolute Gasteiger partial charge is 0.491 e. The highest BCUT2D eigenvalue weighted by Gasteiger charge is 2.30. The van der Waals surface area contributed by atoms with Crippen molar-refractivity contribution in [1.82, 2.24) is 9.80 Å². The van der Waals surface area contributed by atoms with E-state index >= 15 is 0 Å². The van der Waals surface area contributed by atoms with Gasteiger partial charge in [0.1, 0.15) is 12.4 Å². The van der Waals surface area contributed by atoms with Crippen LogP contribution in [0.25, 0.3) is 0 Å². The van der Waals surface area contributed by atoms with Crippen LogP contribution in [0, 0.1) is 11.8 Å². The van der Waals surface area contributed by atoms with Gasteiger partial charge in [-0.15, -0.1) is 0 Å². The number of nitrogens with one attached hydrogen (secondary N) is 1. The number of likely N-dealkylation sites (N-methyl/N-ethyl adjacent to an activating group) is 1. The van der Waals surface area contributed by atoms with Crippen LogP contribution >= 0.6 is 0 Å². The summed E-state index contributed by atoms with van der Waals surface area (Å²) in [6, 6.07) is 5.56. The smallest absolute Gasteiger partial charge is 0.257 e.